The smallest absolute Gasteiger partial charge is 0.325 e. The molecule has 0 aromatic heterocycles. The van der Waals surface area contributed by atoms with Crippen LogP contribution in [0.3, 0.4) is 0 Å². The molecular formula is C36H68N3O13P. The zero-order chi connectivity index (χ0) is 41.8. The molecule has 0 spiro atoms. The zero-order valence-electron chi connectivity index (χ0n) is 35.1. The Labute approximate surface area is 317 Å². The number of esters is 3. The van der Waals surface area contributed by atoms with Crippen molar-refractivity contribution in [3.63, 3.8) is 0 Å². The molecule has 0 fully saturated rings. The van der Waals surface area contributed by atoms with Crippen LogP contribution in [0, 0.1) is 0 Å². The lowest BCUT2D eigenvalue weighted by atomic mass is 10.2. The van der Waals surface area contributed by atoms with Gasteiger partial charge in [0, 0.05) is 26.3 Å². The van der Waals surface area contributed by atoms with Crippen molar-refractivity contribution in [1.82, 2.24) is 14.7 Å². The fourth-order valence-electron chi connectivity index (χ4n) is 4.10. The highest BCUT2D eigenvalue weighted by Crippen LogP contribution is 2.37. The molecule has 17 heteroatoms. The number of nitrogens with zero attached hydrogens (tertiary/aromatic N) is 3. The van der Waals surface area contributed by atoms with Crippen molar-refractivity contribution in [2.24, 2.45) is 0 Å². The second-order valence-corrected chi connectivity index (χ2v) is 19.5. The van der Waals surface area contributed by atoms with E-state index >= 15 is 0 Å². The molecular weight excluding hydrogens is 713 g/mol. The molecule has 0 radical (unpaired) electrons. The standard InChI is InChI=1S/C36H68N3O13P/c1-26(49-51-35(12,13)14)39(27(2)50-52-36(15,16)17)28(25-45-53(18,43)44)21-37(22-29(40)46-32(3,4)5)19-20-38(23-30(41)47-33(6,7)8)24-31(42)48-34(9,10)11/h28H,1-2,19-25H2,3-18H3,(H,43,44). The summed E-state index contributed by atoms with van der Waals surface area (Å²) in [6, 6.07) is -0.991. The highest BCUT2D eigenvalue weighted by Gasteiger charge is 2.33. The molecule has 310 valence electrons. The van der Waals surface area contributed by atoms with Gasteiger partial charge in [-0.3, -0.25) is 33.6 Å². The molecule has 0 aromatic carbocycles. The van der Waals surface area contributed by atoms with Gasteiger partial charge in [0.1, 0.15) is 28.0 Å². The average Bonchev–Trinajstić information content (AvgIpc) is 2.87. The van der Waals surface area contributed by atoms with Crippen molar-refractivity contribution in [2.45, 2.75) is 138 Å². The van der Waals surface area contributed by atoms with E-state index in [2.05, 4.69) is 13.2 Å². The molecule has 2 unspecified atom stereocenters. The van der Waals surface area contributed by atoms with Gasteiger partial charge in [-0.25, -0.2) is 0 Å². The molecule has 53 heavy (non-hydrogen) atoms. The molecule has 0 aliphatic rings. The lowest BCUT2D eigenvalue weighted by Gasteiger charge is -2.37. The van der Waals surface area contributed by atoms with Crippen LogP contribution in [0.5, 0.6) is 0 Å². The minimum absolute atomic E-state index is 0.0652. The van der Waals surface area contributed by atoms with Crippen LogP contribution in [0.15, 0.2) is 24.9 Å². The highest BCUT2D eigenvalue weighted by atomic mass is 31.2. The largest absolute Gasteiger partial charge is 0.459 e. The third-order valence-corrected chi connectivity index (χ3v) is 6.33. The summed E-state index contributed by atoms with van der Waals surface area (Å²) >= 11 is 0. The molecule has 0 rings (SSSR count). The van der Waals surface area contributed by atoms with Crippen molar-refractivity contribution in [2.75, 3.05) is 52.5 Å². The molecule has 0 aromatic rings. The van der Waals surface area contributed by atoms with E-state index in [1.54, 1.807) is 114 Å². The van der Waals surface area contributed by atoms with Crippen molar-refractivity contribution < 1.29 is 62.1 Å². The Morgan fingerprint density at radius 3 is 1.23 bits per heavy atom. The maximum absolute atomic E-state index is 13.3. The van der Waals surface area contributed by atoms with Crippen LogP contribution in [-0.2, 0) is 57.2 Å². The van der Waals surface area contributed by atoms with Gasteiger partial charge in [-0.15, -0.1) is 0 Å². The van der Waals surface area contributed by atoms with Crippen molar-refractivity contribution >= 4 is 25.5 Å². The summed E-state index contributed by atoms with van der Waals surface area (Å²) in [5.41, 5.74) is -3.92. The summed E-state index contributed by atoms with van der Waals surface area (Å²) in [6.07, 6.45) is 0. The van der Waals surface area contributed by atoms with Crippen molar-refractivity contribution in [1.29, 1.82) is 0 Å². The topological polar surface area (TPSA) is 172 Å². The maximum atomic E-state index is 13.3. The van der Waals surface area contributed by atoms with Crippen LogP contribution in [0.25, 0.3) is 0 Å². The van der Waals surface area contributed by atoms with Crippen LogP contribution in [0.4, 0.5) is 0 Å². The van der Waals surface area contributed by atoms with E-state index < -0.39 is 66.2 Å². The second kappa shape index (κ2) is 20.3. The van der Waals surface area contributed by atoms with Crippen LogP contribution in [0.1, 0.15) is 104 Å². The number of carbonyl (C=O) groups excluding carboxylic acids is 3. The maximum Gasteiger partial charge on any atom is 0.325 e. The Bertz CT molecular complexity index is 1210. The Morgan fingerprint density at radius 1 is 0.604 bits per heavy atom. The Balaban J connectivity index is 6.94. The fourth-order valence-corrected chi connectivity index (χ4v) is 4.55. The third kappa shape index (κ3) is 27.5. The van der Waals surface area contributed by atoms with E-state index in [4.69, 9.17) is 38.3 Å². The van der Waals surface area contributed by atoms with Crippen molar-refractivity contribution in [3.8, 4) is 0 Å². The molecule has 2 atom stereocenters. The van der Waals surface area contributed by atoms with Gasteiger partial charge in [-0.1, -0.05) is 0 Å². The predicted octanol–water partition coefficient (Wildman–Crippen LogP) is 5.55. The molecule has 0 bridgehead atoms. The van der Waals surface area contributed by atoms with E-state index in [0.717, 1.165) is 6.66 Å². The first-order valence-corrected chi connectivity index (χ1v) is 19.5. The summed E-state index contributed by atoms with van der Waals surface area (Å²) < 4.78 is 34.5. The SMILES string of the molecule is C=C(OOC(C)(C)C)N(C(=C)OOC(C)(C)C)C(COP(C)(=O)O)CN(CCN(CC(=O)OC(C)(C)C)CC(=O)OC(C)(C)C)CC(=O)OC(C)(C)C. The third-order valence-electron chi connectivity index (χ3n) is 5.70. The minimum Gasteiger partial charge on any atom is -0.459 e. The minimum atomic E-state index is -4.05. The number of hydrogen-bond acceptors (Lipinski definition) is 15. The second-order valence-electron chi connectivity index (χ2n) is 17.7. The first kappa shape index (κ1) is 50.3. The fraction of sp³-hybridized carbons (Fsp3) is 0.806. The number of carbonyl (C=O) groups is 3. The molecule has 0 saturated heterocycles. The Hall–Kier alpha value is -2.72. The van der Waals surface area contributed by atoms with E-state index in [0.29, 0.717) is 0 Å². The van der Waals surface area contributed by atoms with E-state index in [-0.39, 0.29) is 51.0 Å². The first-order chi connectivity index (χ1) is 23.5. The summed E-state index contributed by atoms with van der Waals surface area (Å²) in [5, 5.41) is 0. The zero-order valence-corrected chi connectivity index (χ0v) is 36.0. The Kier molecular flexibility index (Phi) is 19.2. The molecule has 0 saturated carbocycles. The summed E-state index contributed by atoms with van der Waals surface area (Å²) in [7, 11) is -4.05. The van der Waals surface area contributed by atoms with Crippen molar-refractivity contribution in [3.05, 3.63) is 24.9 Å². The number of rotatable bonds is 21. The van der Waals surface area contributed by atoms with E-state index in [9.17, 15) is 23.8 Å². The quantitative estimate of drug-likeness (QED) is 0.0383. The van der Waals surface area contributed by atoms with Gasteiger partial charge in [-0.2, -0.15) is 9.78 Å². The van der Waals surface area contributed by atoms with Crippen LogP contribution < -0.4 is 0 Å². The Morgan fingerprint density at radius 2 is 0.925 bits per heavy atom. The molecule has 0 amide bonds. The lowest BCUT2D eigenvalue weighted by Crippen LogP contribution is -2.50. The lowest BCUT2D eigenvalue weighted by molar-refractivity contribution is -0.354. The molecule has 16 nitrogen and oxygen atoms in total. The summed E-state index contributed by atoms with van der Waals surface area (Å²) in [4.78, 5) is 75.9. The van der Waals surface area contributed by atoms with Crippen LogP contribution in [-0.4, -0.2) is 124 Å². The average molecular weight is 782 g/mol. The number of hydrogen-bond donors (Lipinski definition) is 1. The highest BCUT2D eigenvalue weighted by molar-refractivity contribution is 7.51. The van der Waals surface area contributed by atoms with Gasteiger partial charge in [0.2, 0.25) is 11.8 Å². The van der Waals surface area contributed by atoms with Crippen LogP contribution >= 0.6 is 7.60 Å². The summed E-state index contributed by atoms with van der Waals surface area (Å²) in [6.45, 7) is 33.9. The first-order valence-electron chi connectivity index (χ1n) is 17.5. The molecule has 1 N–H and O–H groups in total. The molecule has 0 heterocycles. The monoisotopic (exact) mass is 781 g/mol. The van der Waals surface area contributed by atoms with Gasteiger partial charge in [0.05, 0.1) is 32.3 Å². The molecule has 0 aliphatic heterocycles. The van der Waals surface area contributed by atoms with E-state index in [1.165, 1.54) is 4.90 Å². The van der Waals surface area contributed by atoms with Gasteiger partial charge < -0.3 is 33.4 Å². The van der Waals surface area contributed by atoms with Gasteiger partial charge >= 0.3 is 25.5 Å². The summed E-state index contributed by atoms with van der Waals surface area (Å²) in [5.74, 6) is -2.02. The number of ether oxygens (including phenoxy) is 3. The van der Waals surface area contributed by atoms with Gasteiger partial charge in [0.15, 0.2) is 0 Å². The predicted molar refractivity (Wildman–Crippen MR) is 200 cm³/mol. The van der Waals surface area contributed by atoms with Gasteiger partial charge in [0.25, 0.3) is 0 Å². The van der Waals surface area contributed by atoms with Gasteiger partial charge in [-0.05, 0) is 117 Å². The molecule has 0 aliphatic carbocycles. The van der Waals surface area contributed by atoms with E-state index in [1.807, 2.05) is 0 Å². The van der Waals surface area contributed by atoms with Crippen LogP contribution in [0.2, 0.25) is 0 Å². The normalized spacial score (nSPS) is 14.6.